The van der Waals surface area contributed by atoms with Crippen molar-refractivity contribution in [1.82, 2.24) is 5.32 Å². The standard InChI is InChI=1S/C14H10Br2FNO/c15-12-6-5-10(17)7-9(12)8-18-14(19)11-3-1-2-4-13(11)16/h1-7H,8H2,(H,18,19). The molecule has 0 spiro atoms. The molecule has 2 aromatic rings. The molecule has 0 aliphatic heterocycles. The van der Waals surface area contributed by atoms with Gasteiger partial charge in [-0.05, 0) is 51.8 Å². The maximum atomic E-state index is 13.1. The van der Waals surface area contributed by atoms with E-state index in [2.05, 4.69) is 37.2 Å². The van der Waals surface area contributed by atoms with E-state index < -0.39 is 0 Å². The minimum atomic E-state index is -0.326. The van der Waals surface area contributed by atoms with Crippen LogP contribution in [0.4, 0.5) is 4.39 Å². The zero-order valence-corrected chi connectivity index (χ0v) is 13.0. The number of carbonyl (C=O) groups is 1. The average molecular weight is 387 g/mol. The Morgan fingerprint density at radius 1 is 1.11 bits per heavy atom. The maximum absolute atomic E-state index is 13.1. The molecule has 0 saturated carbocycles. The topological polar surface area (TPSA) is 29.1 Å². The van der Waals surface area contributed by atoms with Crippen LogP contribution in [-0.4, -0.2) is 5.91 Å². The van der Waals surface area contributed by atoms with Crippen molar-refractivity contribution in [2.24, 2.45) is 0 Å². The number of nitrogens with one attached hydrogen (secondary N) is 1. The first-order valence-corrected chi connectivity index (χ1v) is 7.13. The molecule has 0 saturated heterocycles. The highest BCUT2D eigenvalue weighted by molar-refractivity contribution is 9.10. The molecule has 0 aliphatic carbocycles. The molecule has 0 unspecified atom stereocenters. The molecule has 0 fully saturated rings. The van der Waals surface area contributed by atoms with E-state index in [1.165, 1.54) is 12.1 Å². The largest absolute Gasteiger partial charge is 0.348 e. The number of hydrogen-bond donors (Lipinski definition) is 1. The highest BCUT2D eigenvalue weighted by Gasteiger charge is 2.09. The minimum absolute atomic E-state index is 0.205. The van der Waals surface area contributed by atoms with Gasteiger partial charge in [0.1, 0.15) is 5.82 Å². The van der Waals surface area contributed by atoms with E-state index in [4.69, 9.17) is 0 Å². The molecule has 0 aliphatic rings. The third kappa shape index (κ3) is 3.64. The van der Waals surface area contributed by atoms with Gasteiger partial charge in [-0.3, -0.25) is 4.79 Å². The molecular weight excluding hydrogens is 377 g/mol. The van der Waals surface area contributed by atoms with Gasteiger partial charge < -0.3 is 5.32 Å². The van der Waals surface area contributed by atoms with Crippen molar-refractivity contribution in [3.05, 3.63) is 68.4 Å². The van der Waals surface area contributed by atoms with E-state index in [-0.39, 0.29) is 18.3 Å². The number of halogens is 3. The molecule has 0 radical (unpaired) electrons. The van der Waals surface area contributed by atoms with Gasteiger partial charge in [-0.25, -0.2) is 4.39 Å². The molecule has 0 aromatic heterocycles. The predicted molar refractivity (Wildman–Crippen MR) is 79.4 cm³/mol. The third-order valence-corrected chi connectivity index (χ3v) is 4.03. The van der Waals surface area contributed by atoms with E-state index in [0.717, 1.165) is 8.95 Å². The summed E-state index contributed by atoms with van der Waals surface area (Å²) in [6.45, 7) is 0.262. The molecule has 0 bridgehead atoms. The van der Waals surface area contributed by atoms with Crippen molar-refractivity contribution in [2.75, 3.05) is 0 Å². The predicted octanol–water partition coefficient (Wildman–Crippen LogP) is 4.28. The van der Waals surface area contributed by atoms with E-state index in [1.807, 2.05) is 6.07 Å². The van der Waals surface area contributed by atoms with Crippen LogP contribution in [-0.2, 0) is 6.54 Å². The summed E-state index contributed by atoms with van der Waals surface area (Å²) in [5, 5.41) is 2.76. The van der Waals surface area contributed by atoms with Gasteiger partial charge in [0.2, 0.25) is 0 Å². The second kappa shape index (κ2) is 6.30. The Morgan fingerprint density at radius 3 is 2.58 bits per heavy atom. The Morgan fingerprint density at radius 2 is 1.84 bits per heavy atom. The monoisotopic (exact) mass is 385 g/mol. The van der Waals surface area contributed by atoms with Gasteiger partial charge in [-0.2, -0.15) is 0 Å². The van der Waals surface area contributed by atoms with Crippen molar-refractivity contribution in [1.29, 1.82) is 0 Å². The molecule has 2 aromatic carbocycles. The second-order valence-corrected chi connectivity index (χ2v) is 5.61. The molecular formula is C14H10Br2FNO. The molecule has 2 rings (SSSR count). The van der Waals surface area contributed by atoms with Crippen molar-refractivity contribution < 1.29 is 9.18 Å². The average Bonchev–Trinajstić information content (AvgIpc) is 2.40. The fourth-order valence-corrected chi connectivity index (χ4v) is 2.45. The quantitative estimate of drug-likeness (QED) is 0.837. The molecule has 98 valence electrons. The van der Waals surface area contributed by atoms with Crippen LogP contribution in [0, 0.1) is 5.82 Å². The SMILES string of the molecule is O=C(NCc1cc(F)ccc1Br)c1ccccc1Br. The van der Waals surface area contributed by atoms with Gasteiger partial charge in [0.05, 0.1) is 5.56 Å². The summed E-state index contributed by atoms with van der Waals surface area (Å²) < 4.78 is 14.6. The number of benzene rings is 2. The lowest BCUT2D eigenvalue weighted by Crippen LogP contribution is -2.23. The third-order valence-electron chi connectivity index (χ3n) is 2.57. The summed E-state index contributed by atoms with van der Waals surface area (Å²) in [5.74, 6) is -0.531. The van der Waals surface area contributed by atoms with Crippen molar-refractivity contribution in [3.8, 4) is 0 Å². The molecule has 1 N–H and O–H groups in total. The van der Waals surface area contributed by atoms with Gasteiger partial charge in [-0.1, -0.05) is 28.1 Å². The van der Waals surface area contributed by atoms with Crippen molar-refractivity contribution in [2.45, 2.75) is 6.54 Å². The molecule has 5 heteroatoms. The van der Waals surface area contributed by atoms with Gasteiger partial charge >= 0.3 is 0 Å². The Kier molecular flexibility index (Phi) is 4.71. The van der Waals surface area contributed by atoms with Crippen LogP contribution in [0.15, 0.2) is 51.4 Å². The summed E-state index contributed by atoms with van der Waals surface area (Å²) in [5.41, 5.74) is 1.25. The fourth-order valence-electron chi connectivity index (χ4n) is 1.59. The first-order valence-electron chi connectivity index (χ1n) is 5.54. The smallest absolute Gasteiger partial charge is 0.252 e. The lowest BCUT2D eigenvalue weighted by atomic mass is 10.2. The maximum Gasteiger partial charge on any atom is 0.252 e. The first kappa shape index (κ1) is 14.2. The van der Waals surface area contributed by atoms with Crippen LogP contribution in [0.25, 0.3) is 0 Å². The van der Waals surface area contributed by atoms with Crippen molar-refractivity contribution >= 4 is 37.8 Å². The lowest BCUT2D eigenvalue weighted by molar-refractivity contribution is 0.0950. The van der Waals surface area contributed by atoms with Crippen LogP contribution < -0.4 is 5.32 Å². The van der Waals surface area contributed by atoms with Gasteiger partial charge in [-0.15, -0.1) is 0 Å². The van der Waals surface area contributed by atoms with Gasteiger partial charge in [0, 0.05) is 15.5 Å². The van der Waals surface area contributed by atoms with Crippen LogP contribution in [0.3, 0.4) is 0 Å². The van der Waals surface area contributed by atoms with Crippen LogP contribution in [0.2, 0.25) is 0 Å². The Bertz CT molecular complexity index is 616. The highest BCUT2D eigenvalue weighted by Crippen LogP contribution is 2.19. The van der Waals surface area contributed by atoms with Crippen LogP contribution >= 0.6 is 31.9 Å². The van der Waals surface area contributed by atoms with Crippen LogP contribution in [0.5, 0.6) is 0 Å². The number of hydrogen-bond acceptors (Lipinski definition) is 1. The molecule has 19 heavy (non-hydrogen) atoms. The lowest BCUT2D eigenvalue weighted by Gasteiger charge is -2.08. The van der Waals surface area contributed by atoms with Crippen molar-refractivity contribution in [3.63, 3.8) is 0 Å². The fraction of sp³-hybridized carbons (Fsp3) is 0.0714. The van der Waals surface area contributed by atoms with Gasteiger partial charge in [0.25, 0.3) is 5.91 Å². The molecule has 0 atom stereocenters. The number of amides is 1. The Labute approximate surface area is 127 Å². The summed E-state index contributed by atoms with van der Waals surface area (Å²) in [4.78, 5) is 12.0. The molecule has 1 amide bonds. The highest BCUT2D eigenvalue weighted by atomic mass is 79.9. The first-order chi connectivity index (χ1) is 9.08. The van der Waals surface area contributed by atoms with E-state index in [9.17, 15) is 9.18 Å². The Hall–Kier alpha value is -1.20. The summed E-state index contributed by atoms with van der Waals surface area (Å²) in [7, 11) is 0. The van der Waals surface area contributed by atoms with Crippen LogP contribution in [0.1, 0.15) is 15.9 Å². The minimum Gasteiger partial charge on any atom is -0.348 e. The second-order valence-electron chi connectivity index (χ2n) is 3.90. The molecule has 0 heterocycles. The van der Waals surface area contributed by atoms with E-state index >= 15 is 0 Å². The zero-order valence-electron chi connectivity index (χ0n) is 9.79. The summed E-state index contributed by atoms with van der Waals surface area (Å²) >= 11 is 6.64. The zero-order chi connectivity index (χ0) is 13.8. The number of carbonyl (C=O) groups excluding carboxylic acids is 1. The Balaban J connectivity index is 2.09. The van der Waals surface area contributed by atoms with Gasteiger partial charge in [0.15, 0.2) is 0 Å². The summed E-state index contributed by atoms with van der Waals surface area (Å²) in [6, 6.07) is 11.5. The summed E-state index contributed by atoms with van der Waals surface area (Å²) in [6.07, 6.45) is 0. The molecule has 2 nitrogen and oxygen atoms in total. The number of rotatable bonds is 3. The van der Waals surface area contributed by atoms with E-state index in [1.54, 1.807) is 24.3 Å². The van der Waals surface area contributed by atoms with E-state index in [0.29, 0.717) is 11.1 Å². The normalized spacial score (nSPS) is 10.3.